The molecule has 1 aliphatic heterocycles. The van der Waals surface area contributed by atoms with E-state index >= 15 is 0 Å². The summed E-state index contributed by atoms with van der Waals surface area (Å²) in [6.45, 7) is 0.884. The van der Waals surface area contributed by atoms with Crippen molar-refractivity contribution in [1.82, 2.24) is 9.80 Å². The number of fused-ring (bicyclic) bond motifs is 1. The number of ketones is 1. The highest BCUT2D eigenvalue weighted by Crippen LogP contribution is 2.34. The van der Waals surface area contributed by atoms with E-state index in [0.29, 0.717) is 60.4 Å². The number of nitrogens with zero attached hydrogens (tertiary/aromatic N) is 2. The Bertz CT molecular complexity index is 1010. The van der Waals surface area contributed by atoms with E-state index in [9.17, 15) is 23.1 Å². The lowest BCUT2D eigenvalue weighted by Gasteiger charge is -2.35. The predicted molar refractivity (Wildman–Crippen MR) is 103 cm³/mol. The van der Waals surface area contributed by atoms with E-state index < -0.39 is 12.7 Å². The number of halogens is 3. The zero-order valence-electron chi connectivity index (χ0n) is 15.4. The van der Waals surface area contributed by atoms with Crippen molar-refractivity contribution in [2.24, 2.45) is 0 Å². The number of alkyl halides is 3. The number of phenolic OH excluding ortho intramolecular Hbond substituents is 1. The number of carbonyl (C=O) groups excluding carboxylic acids is 1. The molecular weight excluding hydrogens is 405 g/mol. The molecule has 1 fully saturated rings. The first-order chi connectivity index (χ1) is 13.8. The van der Waals surface area contributed by atoms with E-state index in [1.54, 1.807) is 17.5 Å². The van der Waals surface area contributed by atoms with Gasteiger partial charge in [-0.05, 0) is 23.6 Å². The number of phenols is 1. The fourth-order valence-corrected chi connectivity index (χ4v) is 4.29. The molecule has 1 saturated heterocycles. The number of rotatable bonds is 5. The molecule has 154 valence electrons. The summed E-state index contributed by atoms with van der Waals surface area (Å²) in [6.07, 6.45) is -2.81. The first-order valence-corrected chi connectivity index (χ1v) is 10.1. The van der Waals surface area contributed by atoms with E-state index in [2.05, 4.69) is 0 Å². The van der Waals surface area contributed by atoms with Crippen LogP contribution in [0.5, 0.6) is 5.75 Å². The van der Waals surface area contributed by atoms with Crippen LogP contribution in [0, 0.1) is 0 Å². The number of furan rings is 1. The molecule has 1 N–H and O–H groups in total. The van der Waals surface area contributed by atoms with Gasteiger partial charge in [0.25, 0.3) is 0 Å². The lowest BCUT2D eigenvalue weighted by Crippen LogP contribution is -2.48. The second kappa shape index (κ2) is 7.81. The Labute approximate surface area is 168 Å². The number of benzene rings is 1. The Balaban J connectivity index is 1.57. The van der Waals surface area contributed by atoms with Gasteiger partial charge in [-0.15, -0.1) is 0 Å². The normalized spacial score (nSPS) is 16.5. The van der Waals surface area contributed by atoms with Crippen molar-refractivity contribution in [1.29, 1.82) is 0 Å². The molecule has 0 atom stereocenters. The SMILES string of the molecule is O=C(c1ccsc1)c1coc2ccc(O)c(CN3CCN(CC(F)(F)F)CC3)c12. The molecule has 0 saturated carbocycles. The lowest BCUT2D eigenvalue weighted by atomic mass is 9.99. The Hall–Kier alpha value is -2.36. The number of piperazine rings is 1. The van der Waals surface area contributed by atoms with Gasteiger partial charge in [-0.3, -0.25) is 14.6 Å². The van der Waals surface area contributed by atoms with Gasteiger partial charge in [0.1, 0.15) is 17.6 Å². The van der Waals surface area contributed by atoms with Crippen molar-refractivity contribution < 1.29 is 27.5 Å². The maximum atomic E-state index is 12.9. The average molecular weight is 424 g/mol. The van der Waals surface area contributed by atoms with Crippen molar-refractivity contribution in [3.05, 3.63) is 51.9 Å². The van der Waals surface area contributed by atoms with Gasteiger partial charge in [-0.2, -0.15) is 24.5 Å². The maximum absolute atomic E-state index is 12.9. The van der Waals surface area contributed by atoms with Gasteiger partial charge >= 0.3 is 6.18 Å². The van der Waals surface area contributed by atoms with Gasteiger partial charge in [0.2, 0.25) is 0 Å². The number of hydrogen-bond donors (Lipinski definition) is 1. The molecule has 3 heterocycles. The van der Waals surface area contributed by atoms with Gasteiger partial charge in [0.05, 0.1) is 12.1 Å². The Kier molecular flexibility index (Phi) is 5.37. The molecule has 1 aromatic carbocycles. The van der Waals surface area contributed by atoms with Crippen LogP contribution in [0.2, 0.25) is 0 Å². The first kappa shape index (κ1) is 19.9. The largest absolute Gasteiger partial charge is 0.508 e. The molecule has 0 amide bonds. The number of carbonyl (C=O) groups is 1. The predicted octanol–water partition coefficient (Wildman–Crippen LogP) is 4.11. The second-order valence-corrected chi connectivity index (χ2v) is 7.87. The van der Waals surface area contributed by atoms with E-state index in [-0.39, 0.29) is 11.5 Å². The molecule has 3 aromatic rings. The van der Waals surface area contributed by atoms with Gasteiger partial charge in [-0.25, -0.2) is 0 Å². The molecule has 4 rings (SSSR count). The molecule has 5 nitrogen and oxygen atoms in total. The van der Waals surface area contributed by atoms with E-state index in [4.69, 9.17) is 4.42 Å². The van der Waals surface area contributed by atoms with Crippen LogP contribution in [0.15, 0.2) is 39.6 Å². The van der Waals surface area contributed by atoms with Crippen molar-refractivity contribution in [2.45, 2.75) is 12.7 Å². The number of aromatic hydroxyl groups is 1. The van der Waals surface area contributed by atoms with E-state index in [0.717, 1.165) is 0 Å². The third-order valence-electron chi connectivity index (χ3n) is 5.10. The second-order valence-electron chi connectivity index (χ2n) is 7.09. The van der Waals surface area contributed by atoms with Crippen molar-refractivity contribution in [3.63, 3.8) is 0 Å². The molecule has 1 aliphatic rings. The van der Waals surface area contributed by atoms with Crippen LogP contribution >= 0.6 is 11.3 Å². The molecule has 0 unspecified atom stereocenters. The van der Waals surface area contributed by atoms with Gasteiger partial charge < -0.3 is 9.52 Å². The summed E-state index contributed by atoms with van der Waals surface area (Å²) >= 11 is 1.42. The molecule has 0 aliphatic carbocycles. The average Bonchev–Trinajstić information content (AvgIpc) is 3.34. The summed E-state index contributed by atoms with van der Waals surface area (Å²) in [6, 6.07) is 4.86. The highest BCUT2D eigenvalue weighted by molar-refractivity contribution is 7.08. The third kappa shape index (κ3) is 4.31. The topological polar surface area (TPSA) is 56.9 Å². The summed E-state index contributed by atoms with van der Waals surface area (Å²) in [5, 5.41) is 14.6. The van der Waals surface area contributed by atoms with Crippen LogP contribution in [0.3, 0.4) is 0 Å². The van der Waals surface area contributed by atoms with Gasteiger partial charge in [-0.1, -0.05) is 0 Å². The Morgan fingerprint density at radius 2 is 1.86 bits per heavy atom. The zero-order chi connectivity index (χ0) is 20.6. The quantitative estimate of drug-likeness (QED) is 0.625. The highest BCUT2D eigenvalue weighted by Gasteiger charge is 2.32. The minimum Gasteiger partial charge on any atom is -0.508 e. The molecule has 0 bridgehead atoms. The maximum Gasteiger partial charge on any atom is 0.401 e. The van der Waals surface area contributed by atoms with Crippen LogP contribution in [0.4, 0.5) is 13.2 Å². The summed E-state index contributed by atoms with van der Waals surface area (Å²) in [7, 11) is 0. The van der Waals surface area contributed by atoms with Crippen molar-refractivity contribution in [2.75, 3.05) is 32.7 Å². The third-order valence-corrected chi connectivity index (χ3v) is 5.78. The van der Waals surface area contributed by atoms with Crippen LogP contribution in [-0.2, 0) is 6.54 Å². The van der Waals surface area contributed by atoms with Crippen molar-refractivity contribution in [3.8, 4) is 5.75 Å². The molecule has 0 spiro atoms. The standard InChI is InChI=1S/C20H19F3N2O3S/c21-20(22,23)12-25-6-4-24(5-7-25)9-14-16(26)1-2-17-18(14)15(10-28-17)19(27)13-3-8-29-11-13/h1-3,8,10-11,26H,4-7,9,12H2. The fraction of sp³-hybridized carbons (Fsp3) is 0.350. The van der Waals surface area contributed by atoms with Crippen LogP contribution in [0.1, 0.15) is 21.5 Å². The Morgan fingerprint density at radius 3 is 2.52 bits per heavy atom. The first-order valence-electron chi connectivity index (χ1n) is 9.12. The summed E-state index contributed by atoms with van der Waals surface area (Å²) in [5.74, 6) is -0.150. The molecule has 9 heteroatoms. The smallest absolute Gasteiger partial charge is 0.401 e. The Morgan fingerprint density at radius 1 is 1.14 bits per heavy atom. The zero-order valence-corrected chi connectivity index (χ0v) is 16.2. The summed E-state index contributed by atoms with van der Waals surface area (Å²) in [5.41, 5.74) is 1.97. The van der Waals surface area contributed by atoms with Gasteiger partial charge in [0, 0.05) is 54.6 Å². The molecular formula is C20H19F3N2O3S. The lowest BCUT2D eigenvalue weighted by molar-refractivity contribution is -0.149. The molecule has 0 radical (unpaired) electrons. The fourth-order valence-electron chi connectivity index (χ4n) is 3.65. The number of hydrogen-bond acceptors (Lipinski definition) is 6. The van der Waals surface area contributed by atoms with Crippen LogP contribution < -0.4 is 0 Å². The summed E-state index contributed by atoms with van der Waals surface area (Å²) < 4.78 is 43.3. The summed E-state index contributed by atoms with van der Waals surface area (Å²) in [4.78, 5) is 16.2. The highest BCUT2D eigenvalue weighted by atomic mass is 32.1. The minimum absolute atomic E-state index is 0.0380. The molecule has 2 aromatic heterocycles. The van der Waals surface area contributed by atoms with Crippen molar-refractivity contribution >= 4 is 28.1 Å². The minimum atomic E-state index is -4.21. The molecule has 29 heavy (non-hydrogen) atoms. The van der Waals surface area contributed by atoms with Gasteiger partial charge in [0.15, 0.2) is 5.78 Å². The van der Waals surface area contributed by atoms with E-state index in [1.807, 2.05) is 10.3 Å². The van der Waals surface area contributed by atoms with Crippen LogP contribution in [0.25, 0.3) is 11.0 Å². The monoisotopic (exact) mass is 424 g/mol. The van der Waals surface area contributed by atoms with E-state index in [1.165, 1.54) is 28.6 Å². The van der Waals surface area contributed by atoms with Crippen LogP contribution in [-0.4, -0.2) is 59.6 Å². The number of thiophene rings is 1.